The van der Waals surface area contributed by atoms with E-state index >= 15 is 0 Å². The fourth-order valence-corrected chi connectivity index (χ4v) is 4.07. The van der Waals surface area contributed by atoms with Crippen LogP contribution >= 0.6 is 0 Å². The Labute approximate surface area is 194 Å². The Morgan fingerprint density at radius 1 is 1.24 bits per heavy atom. The molecule has 0 aliphatic rings. The lowest BCUT2D eigenvalue weighted by atomic mass is 10.0. The number of hydrogen-bond donors (Lipinski definition) is 2. The van der Waals surface area contributed by atoms with Crippen LogP contribution in [0.2, 0.25) is 0 Å². The Balaban J connectivity index is 2.01. The summed E-state index contributed by atoms with van der Waals surface area (Å²) in [5.41, 5.74) is 1.04. The molecule has 1 atom stereocenters. The minimum absolute atomic E-state index is 0.0748. The molecule has 0 bridgehead atoms. The Hall–Kier alpha value is -2.78. The van der Waals surface area contributed by atoms with Gasteiger partial charge in [-0.2, -0.15) is 0 Å². The normalized spacial score (nSPS) is 13.1. The lowest BCUT2D eigenvalue weighted by Crippen LogP contribution is -2.36. The molecule has 0 amide bonds. The van der Waals surface area contributed by atoms with Gasteiger partial charge in [0.2, 0.25) is 0 Å². The van der Waals surface area contributed by atoms with Gasteiger partial charge >= 0.3 is 0 Å². The lowest BCUT2D eigenvalue weighted by Gasteiger charge is -2.32. The number of aliphatic hydroxyl groups excluding tert-OH is 1. The molecule has 0 fully saturated rings. The molecule has 9 heteroatoms. The van der Waals surface area contributed by atoms with E-state index in [4.69, 9.17) is 4.74 Å². The first-order valence-corrected chi connectivity index (χ1v) is 11.7. The van der Waals surface area contributed by atoms with Gasteiger partial charge in [0.05, 0.1) is 18.2 Å². The van der Waals surface area contributed by atoms with E-state index in [0.717, 1.165) is 35.3 Å². The lowest BCUT2D eigenvalue weighted by molar-refractivity contribution is 0.142. The molecule has 0 spiro atoms. The number of nitrogens with zero attached hydrogens (tertiary/aromatic N) is 5. The zero-order valence-corrected chi connectivity index (χ0v) is 20.3. The number of aromatic nitrogens is 5. The van der Waals surface area contributed by atoms with Crippen LogP contribution in [-0.4, -0.2) is 55.0 Å². The summed E-state index contributed by atoms with van der Waals surface area (Å²) in [6, 6.07) is 7.52. The average molecular weight is 457 g/mol. The summed E-state index contributed by atoms with van der Waals surface area (Å²) in [7, 11) is 0. The van der Waals surface area contributed by atoms with Crippen molar-refractivity contribution >= 4 is 10.9 Å². The van der Waals surface area contributed by atoms with Crippen molar-refractivity contribution < 1.29 is 9.84 Å². The second-order valence-electron chi connectivity index (χ2n) is 9.28. The zero-order valence-electron chi connectivity index (χ0n) is 20.3. The third kappa shape index (κ3) is 5.97. The minimum Gasteiger partial charge on any atom is -0.494 e. The maximum Gasteiger partial charge on any atom is 0.252 e. The van der Waals surface area contributed by atoms with E-state index in [-0.39, 0.29) is 23.7 Å². The fourth-order valence-electron chi connectivity index (χ4n) is 4.07. The van der Waals surface area contributed by atoms with Crippen molar-refractivity contribution in [2.24, 2.45) is 0 Å². The van der Waals surface area contributed by atoms with Crippen LogP contribution in [0.1, 0.15) is 71.3 Å². The van der Waals surface area contributed by atoms with Gasteiger partial charge in [-0.05, 0) is 75.2 Å². The van der Waals surface area contributed by atoms with Crippen molar-refractivity contribution in [2.45, 2.75) is 72.0 Å². The molecule has 33 heavy (non-hydrogen) atoms. The van der Waals surface area contributed by atoms with Gasteiger partial charge in [0.25, 0.3) is 5.56 Å². The van der Waals surface area contributed by atoms with E-state index in [2.05, 4.69) is 53.1 Å². The zero-order chi connectivity index (χ0) is 24.0. The van der Waals surface area contributed by atoms with Crippen LogP contribution in [-0.2, 0) is 12.1 Å². The van der Waals surface area contributed by atoms with Crippen LogP contribution in [0.4, 0.5) is 0 Å². The second-order valence-corrected chi connectivity index (χ2v) is 9.28. The maximum atomic E-state index is 12.9. The summed E-state index contributed by atoms with van der Waals surface area (Å²) in [6.07, 6.45) is 2.36. The third-order valence-corrected chi connectivity index (χ3v) is 5.61. The monoisotopic (exact) mass is 456 g/mol. The van der Waals surface area contributed by atoms with E-state index < -0.39 is 0 Å². The van der Waals surface area contributed by atoms with Gasteiger partial charge in [-0.15, -0.1) is 5.10 Å². The van der Waals surface area contributed by atoms with Gasteiger partial charge in [0.15, 0.2) is 5.82 Å². The van der Waals surface area contributed by atoms with Crippen LogP contribution in [0.5, 0.6) is 5.75 Å². The van der Waals surface area contributed by atoms with Crippen molar-refractivity contribution in [3.05, 3.63) is 46.0 Å². The van der Waals surface area contributed by atoms with Crippen molar-refractivity contribution in [1.82, 2.24) is 30.1 Å². The molecule has 180 valence electrons. The molecular weight excluding hydrogens is 420 g/mol. The summed E-state index contributed by atoms with van der Waals surface area (Å²) in [6.45, 7) is 12.0. The first-order valence-electron chi connectivity index (χ1n) is 11.7. The summed E-state index contributed by atoms with van der Waals surface area (Å²) in [5, 5.41) is 23.0. The van der Waals surface area contributed by atoms with Crippen LogP contribution in [0.25, 0.3) is 10.9 Å². The number of hydrogen-bond acceptors (Lipinski definition) is 7. The van der Waals surface area contributed by atoms with Crippen LogP contribution in [0, 0.1) is 0 Å². The van der Waals surface area contributed by atoms with Crippen molar-refractivity contribution in [1.29, 1.82) is 0 Å². The fraction of sp³-hybridized carbons (Fsp3) is 0.583. The van der Waals surface area contributed by atoms with Crippen LogP contribution in [0.15, 0.2) is 29.1 Å². The number of aliphatic hydroxyl groups is 1. The van der Waals surface area contributed by atoms with Crippen molar-refractivity contribution in [2.75, 3.05) is 19.8 Å². The van der Waals surface area contributed by atoms with Gasteiger partial charge < -0.3 is 14.8 Å². The first-order chi connectivity index (χ1) is 15.8. The van der Waals surface area contributed by atoms with Gasteiger partial charge in [0.1, 0.15) is 5.75 Å². The summed E-state index contributed by atoms with van der Waals surface area (Å²) < 4.78 is 7.49. The molecular formula is C24H36N6O3. The molecule has 0 saturated heterocycles. The predicted molar refractivity (Wildman–Crippen MR) is 128 cm³/mol. The molecule has 0 radical (unpaired) electrons. The predicted octanol–water partition coefficient (Wildman–Crippen LogP) is 3.39. The molecule has 9 nitrogen and oxygen atoms in total. The second kappa shape index (κ2) is 10.9. The number of aromatic amines is 1. The average Bonchev–Trinajstić information content (AvgIpc) is 3.26. The third-order valence-electron chi connectivity index (χ3n) is 5.61. The molecule has 0 unspecified atom stereocenters. The van der Waals surface area contributed by atoms with Gasteiger partial charge in [-0.3, -0.25) is 9.69 Å². The SMILES string of the molecule is CCC[C@H](c1nnnn1C(C)(C)C)N(CCCO)Cc1cc2cc(OCC)ccc2[nH]c1=O. The van der Waals surface area contributed by atoms with E-state index in [0.29, 0.717) is 31.7 Å². The van der Waals surface area contributed by atoms with E-state index in [1.165, 1.54) is 0 Å². The van der Waals surface area contributed by atoms with Crippen molar-refractivity contribution in [3.8, 4) is 5.75 Å². The number of fused-ring (bicyclic) bond motifs is 1. The molecule has 2 aromatic heterocycles. The van der Waals surface area contributed by atoms with Crippen LogP contribution < -0.4 is 10.3 Å². The molecule has 1 aromatic carbocycles. The number of pyridine rings is 1. The Morgan fingerprint density at radius 3 is 2.70 bits per heavy atom. The van der Waals surface area contributed by atoms with Crippen molar-refractivity contribution in [3.63, 3.8) is 0 Å². The number of rotatable bonds is 11. The maximum absolute atomic E-state index is 12.9. The Bertz CT molecular complexity index is 1100. The number of nitrogens with one attached hydrogen (secondary N) is 1. The van der Waals surface area contributed by atoms with Gasteiger partial charge in [0, 0.05) is 36.2 Å². The molecule has 3 aromatic rings. The first kappa shape index (κ1) is 24.9. The quantitative estimate of drug-likeness (QED) is 0.455. The standard InChI is InChI=1S/C24H36N6O3/c1-6-9-21(22-26-27-28-30(22)24(3,4)5)29(12-8-13-31)16-18-14-17-15-19(33-7-2)10-11-20(17)25-23(18)32/h10-11,14-15,21,31H,6-9,12-13,16H2,1-5H3,(H,25,32)/t21-/m1/s1. The molecule has 0 saturated carbocycles. The number of benzene rings is 1. The largest absolute Gasteiger partial charge is 0.494 e. The number of H-pyrrole nitrogens is 1. The number of ether oxygens (including phenoxy) is 1. The molecule has 2 heterocycles. The molecule has 0 aliphatic carbocycles. The highest BCUT2D eigenvalue weighted by molar-refractivity contribution is 5.80. The minimum atomic E-state index is -0.274. The van der Waals surface area contributed by atoms with E-state index in [1.807, 2.05) is 35.9 Å². The van der Waals surface area contributed by atoms with Crippen LogP contribution in [0.3, 0.4) is 0 Å². The van der Waals surface area contributed by atoms with E-state index in [9.17, 15) is 9.90 Å². The molecule has 3 rings (SSSR count). The molecule has 0 aliphatic heterocycles. The summed E-state index contributed by atoms with van der Waals surface area (Å²) in [4.78, 5) is 18.1. The highest BCUT2D eigenvalue weighted by Crippen LogP contribution is 2.29. The molecule has 2 N–H and O–H groups in total. The summed E-state index contributed by atoms with van der Waals surface area (Å²) in [5.74, 6) is 1.55. The van der Waals surface area contributed by atoms with E-state index in [1.54, 1.807) is 0 Å². The Kier molecular flexibility index (Phi) is 8.20. The number of tetrazole rings is 1. The Morgan fingerprint density at radius 2 is 2.03 bits per heavy atom. The highest BCUT2D eigenvalue weighted by Gasteiger charge is 2.30. The highest BCUT2D eigenvalue weighted by atomic mass is 16.5. The topological polar surface area (TPSA) is 109 Å². The smallest absolute Gasteiger partial charge is 0.252 e. The van der Waals surface area contributed by atoms with Gasteiger partial charge in [-0.1, -0.05) is 13.3 Å². The summed E-state index contributed by atoms with van der Waals surface area (Å²) >= 11 is 0. The van der Waals surface area contributed by atoms with Gasteiger partial charge in [-0.25, -0.2) is 4.68 Å².